The highest BCUT2D eigenvalue weighted by Crippen LogP contribution is 2.28. The van der Waals surface area contributed by atoms with Gasteiger partial charge < -0.3 is 10.2 Å². The number of hydrogen-bond donors (Lipinski definition) is 1. The molecular formula is C16H26BrClN2S. The second-order valence-electron chi connectivity index (χ2n) is 5.26. The number of nitrogens with one attached hydrogen (secondary N) is 1. The van der Waals surface area contributed by atoms with Gasteiger partial charge in [0.25, 0.3) is 0 Å². The summed E-state index contributed by atoms with van der Waals surface area (Å²) < 4.78 is 1.03. The van der Waals surface area contributed by atoms with E-state index in [2.05, 4.69) is 58.5 Å². The second-order valence-corrected chi connectivity index (χ2v) is 7.57. The van der Waals surface area contributed by atoms with Gasteiger partial charge in [0, 0.05) is 27.8 Å². The normalized spacial score (nSPS) is 12.9. The first kappa shape index (κ1) is 19.3. The highest BCUT2D eigenvalue weighted by atomic mass is 79.9. The van der Waals surface area contributed by atoms with Crippen molar-refractivity contribution >= 4 is 39.3 Å². The lowest BCUT2D eigenvalue weighted by Gasteiger charge is -2.24. The summed E-state index contributed by atoms with van der Waals surface area (Å²) in [6.45, 7) is 5.42. The van der Waals surface area contributed by atoms with Crippen LogP contribution in [0.1, 0.15) is 31.4 Å². The van der Waals surface area contributed by atoms with Crippen molar-refractivity contribution in [1.29, 1.82) is 0 Å². The molecule has 1 unspecified atom stereocenters. The Bertz CT molecular complexity index is 417. The Kier molecular flexibility index (Phi) is 10.0. The zero-order valence-electron chi connectivity index (χ0n) is 13.2. The highest BCUT2D eigenvalue weighted by Gasteiger charge is 2.15. The minimum atomic E-state index is 0.322. The summed E-state index contributed by atoms with van der Waals surface area (Å²) >= 11 is 11.8. The van der Waals surface area contributed by atoms with E-state index in [1.165, 1.54) is 11.3 Å². The van der Waals surface area contributed by atoms with Crippen molar-refractivity contribution in [3.8, 4) is 0 Å². The van der Waals surface area contributed by atoms with E-state index < -0.39 is 0 Å². The molecule has 1 rings (SSSR count). The molecule has 0 saturated carbocycles. The van der Waals surface area contributed by atoms with Crippen LogP contribution in [0.15, 0.2) is 22.7 Å². The summed E-state index contributed by atoms with van der Waals surface area (Å²) in [5, 5.41) is 4.46. The van der Waals surface area contributed by atoms with E-state index in [4.69, 9.17) is 11.6 Å². The maximum absolute atomic E-state index is 6.42. The molecule has 0 aromatic heterocycles. The predicted molar refractivity (Wildman–Crippen MR) is 101 cm³/mol. The Morgan fingerprint density at radius 1 is 1.38 bits per heavy atom. The van der Waals surface area contributed by atoms with Gasteiger partial charge in [0.15, 0.2) is 0 Å². The monoisotopic (exact) mass is 392 g/mol. The minimum Gasteiger partial charge on any atom is -0.310 e. The molecule has 0 amide bonds. The van der Waals surface area contributed by atoms with Gasteiger partial charge in [-0.2, -0.15) is 11.8 Å². The summed E-state index contributed by atoms with van der Waals surface area (Å²) in [7, 11) is 2.19. The molecule has 0 aliphatic carbocycles. The number of halogens is 2. The molecule has 1 aromatic rings. The van der Waals surface area contributed by atoms with Crippen molar-refractivity contribution in [2.75, 3.05) is 38.7 Å². The Morgan fingerprint density at radius 3 is 2.76 bits per heavy atom. The van der Waals surface area contributed by atoms with Gasteiger partial charge in [-0.15, -0.1) is 0 Å². The van der Waals surface area contributed by atoms with E-state index in [9.17, 15) is 0 Å². The molecule has 5 heteroatoms. The molecule has 0 heterocycles. The topological polar surface area (TPSA) is 15.3 Å². The van der Waals surface area contributed by atoms with Crippen LogP contribution in [0.5, 0.6) is 0 Å². The molecule has 0 spiro atoms. The highest BCUT2D eigenvalue weighted by molar-refractivity contribution is 9.10. The molecule has 0 aliphatic heterocycles. The van der Waals surface area contributed by atoms with Crippen LogP contribution in [0.25, 0.3) is 0 Å². The number of hydrogen-bond acceptors (Lipinski definition) is 3. The number of rotatable bonds is 10. The Balaban J connectivity index is 2.66. The lowest BCUT2D eigenvalue weighted by molar-refractivity contribution is 0.323. The quantitative estimate of drug-likeness (QED) is 0.613. The van der Waals surface area contributed by atoms with E-state index in [1.54, 1.807) is 0 Å². The van der Waals surface area contributed by atoms with Gasteiger partial charge in [-0.05, 0) is 56.9 Å². The molecule has 1 aromatic carbocycles. The first-order chi connectivity index (χ1) is 10.1. The van der Waals surface area contributed by atoms with Crippen molar-refractivity contribution in [3.63, 3.8) is 0 Å². The lowest BCUT2D eigenvalue weighted by Crippen LogP contribution is -2.29. The standard InChI is InChI=1S/C16H26BrClN2S/c1-4-8-19-16(7-9-20(2)10-11-21-3)14-6-5-13(17)12-15(14)18/h5-6,12,16,19H,4,7-11H2,1-3H3. The zero-order chi connectivity index (χ0) is 15.7. The maximum Gasteiger partial charge on any atom is 0.0465 e. The van der Waals surface area contributed by atoms with Gasteiger partial charge in [-0.3, -0.25) is 0 Å². The zero-order valence-corrected chi connectivity index (χ0v) is 16.3. The van der Waals surface area contributed by atoms with Crippen LogP contribution >= 0.6 is 39.3 Å². The van der Waals surface area contributed by atoms with Crippen LogP contribution in [-0.4, -0.2) is 43.6 Å². The van der Waals surface area contributed by atoms with E-state index in [0.717, 1.165) is 42.0 Å². The molecule has 0 saturated heterocycles. The van der Waals surface area contributed by atoms with Gasteiger partial charge in [0.05, 0.1) is 0 Å². The molecule has 2 nitrogen and oxygen atoms in total. The van der Waals surface area contributed by atoms with Crippen molar-refractivity contribution in [1.82, 2.24) is 10.2 Å². The first-order valence-electron chi connectivity index (χ1n) is 7.44. The van der Waals surface area contributed by atoms with Crippen LogP contribution in [-0.2, 0) is 0 Å². The Hall–Kier alpha value is 0.260. The summed E-state index contributed by atoms with van der Waals surface area (Å²) in [5.74, 6) is 1.18. The second kappa shape index (κ2) is 10.9. The minimum absolute atomic E-state index is 0.322. The van der Waals surface area contributed by atoms with Gasteiger partial charge >= 0.3 is 0 Å². The Morgan fingerprint density at radius 2 is 2.14 bits per heavy atom. The van der Waals surface area contributed by atoms with Crippen molar-refractivity contribution in [3.05, 3.63) is 33.3 Å². The Labute approximate surface area is 147 Å². The van der Waals surface area contributed by atoms with Gasteiger partial charge in [0.1, 0.15) is 0 Å². The molecule has 1 atom stereocenters. The summed E-state index contributed by atoms with van der Waals surface area (Å²) in [6, 6.07) is 6.50. The van der Waals surface area contributed by atoms with Gasteiger partial charge in [0.2, 0.25) is 0 Å². The smallest absolute Gasteiger partial charge is 0.0465 e. The summed E-state index contributed by atoms with van der Waals surface area (Å²) in [5.41, 5.74) is 1.20. The fourth-order valence-corrected chi connectivity index (χ4v) is 3.48. The fraction of sp³-hybridized carbons (Fsp3) is 0.625. The third kappa shape index (κ3) is 7.38. The number of nitrogens with zero attached hydrogens (tertiary/aromatic N) is 1. The molecule has 0 bridgehead atoms. The van der Waals surface area contributed by atoms with Crippen LogP contribution in [0.4, 0.5) is 0 Å². The molecule has 0 radical (unpaired) electrons. The largest absolute Gasteiger partial charge is 0.310 e. The van der Waals surface area contributed by atoms with Crippen LogP contribution in [0, 0.1) is 0 Å². The van der Waals surface area contributed by atoms with Crippen molar-refractivity contribution in [2.45, 2.75) is 25.8 Å². The van der Waals surface area contributed by atoms with Crippen LogP contribution < -0.4 is 5.32 Å². The first-order valence-corrected chi connectivity index (χ1v) is 10.0. The molecule has 21 heavy (non-hydrogen) atoms. The van der Waals surface area contributed by atoms with Crippen molar-refractivity contribution in [2.24, 2.45) is 0 Å². The average Bonchev–Trinajstić information content (AvgIpc) is 2.46. The third-order valence-electron chi connectivity index (χ3n) is 3.46. The van der Waals surface area contributed by atoms with Gasteiger partial charge in [-0.25, -0.2) is 0 Å². The van der Waals surface area contributed by atoms with Crippen LogP contribution in [0.3, 0.4) is 0 Å². The predicted octanol–water partition coefficient (Wildman–Crippen LogP) is 4.83. The molecule has 0 aliphatic rings. The van der Waals surface area contributed by atoms with E-state index in [-0.39, 0.29) is 0 Å². The maximum atomic E-state index is 6.42. The van der Waals surface area contributed by atoms with Crippen molar-refractivity contribution < 1.29 is 0 Å². The van der Waals surface area contributed by atoms with Crippen LogP contribution in [0.2, 0.25) is 5.02 Å². The SMILES string of the molecule is CCCNC(CCN(C)CCSC)c1ccc(Br)cc1Cl. The number of thioether (sulfide) groups is 1. The van der Waals surface area contributed by atoms with Gasteiger partial charge in [-0.1, -0.05) is 40.5 Å². The number of benzene rings is 1. The molecule has 1 N–H and O–H groups in total. The van der Waals surface area contributed by atoms with E-state index in [1.807, 2.05) is 17.8 Å². The summed E-state index contributed by atoms with van der Waals surface area (Å²) in [6.07, 6.45) is 4.36. The molecule has 120 valence electrons. The fourth-order valence-electron chi connectivity index (χ4n) is 2.18. The average molecular weight is 394 g/mol. The third-order valence-corrected chi connectivity index (χ3v) is 4.87. The van der Waals surface area contributed by atoms with E-state index in [0.29, 0.717) is 6.04 Å². The molecule has 0 fully saturated rings. The van der Waals surface area contributed by atoms with E-state index >= 15 is 0 Å². The summed E-state index contributed by atoms with van der Waals surface area (Å²) in [4.78, 5) is 2.39. The lowest BCUT2D eigenvalue weighted by atomic mass is 10.0. The molecular weight excluding hydrogens is 368 g/mol.